The summed E-state index contributed by atoms with van der Waals surface area (Å²) in [5.74, 6) is 1.99. The van der Waals surface area contributed by atoms with Crippen LogP contribution in [0.1, 0.15) is 24.6 Å². The van der Waals surface area contributed by atoms with Gasteiger partial charge in [-0.3, -0.25) is 5.41 Å². The number of anilines is 1. The molecule has 0 fully saturated rings. The third kappa shape index (κ3) is 3.63. The van der Waals surface area contributed by atoms with E-state index in [1.807, 2.05) is 37.9 Å². The van der Waals surface area contributed by atoms with Crippen LogP contribution in [-0.4, -0.2) is 35.9 Å². The molecule has 4 nitrogen and oxygen atoms in total. The Morgan fingerprint density at radius 1 is 1.56 bits per heavy atom. The van der Waals surface area contributed by atoms with Gasteiger partial charge in [0.05, 0.1) is 5.56 Å². The van der Waals surface area contributed by atoms with Gasteiger partial charge in [-0.05, 0) is 44.4 Å². The number of aromatic nitrogens is 1. The van der Waals surface area contributed by atoms with E-state index in [1.165, 1.54) is 0 Å². The molecule has 0 saturated carbocycles. The number of nitrogen functional groups attached to an aromatic ring is 1. The molecule has 0 radical (unpaired) electrons. The lowest BCUT2D eigenvalue weighted by Gasteiger charge is -2.27. The van der Waals surface area contributed by atoms with Crippen molar-refractivity contribution in [2.45, 2.75) is 26.3 Å². The second kappa shape index (κ2) is 6.64. The monoisotopic (exact) mass is 266 g/mol. The highest BCUT2D eigenvalue weighted by Gasteiger charge is 2.16. The van der Waals surface area contributed by atoms with Crippen LogP contribution < -0.4 is 10.6 Å². The molecule has 0 bridgehead atoms. The largest absolute Gasteiger partial charge is 0.384 e. The van der Waals surface area contributed by atoms with Crippen molar-refractivity contribution >= 4 is 23.4 Å². The van der Waals surface area contributed by atoms with Crippen LogP contribution in [0.5, 0.6) is 0 Å². The highest BCUT2D eigenvalue weighted by Crippen LogP contribution is 2.20. The first kappa shape index (κ1) is 14.8. The van der Waals surface area contributed by atoms with Crippen LogP contribution >= 0.6 is 11.8 Å². The zero-order chi connectivity index (χ0) is 13.7. The molecular formula is C13H22N4S. The summed E-state index contributed by atoms with van der Waals surface area (Å²) in [4.78, 5) is 6.63. The summed E-state index contributed by atoms with van der Waals surface area (Å²) in [6, 6.07) is 4.14. The minimum absolute atomic E-state index is 0.0708. The quantitative estimate of drug-likeness (QED) is 0.612. The molecule has 3 N–H and O–H groups in total. The molecule has 1 aromatic heterocycles. The number of thioether (sulfide) groups is 1. The lowest BCUT2D eigenvalue weighted by atomic mass is 10.1. The topological polar surface area (TPSA) is 66.0 Å². The van der Waals surface area contributed by atoms with E-state index in [-0.39, 0.29) is 5.84 Å². The third-order valence-electron chi connectivity index (χ3n) is 3.04. The zero-order valence-electron chi connectivity index (χ0n) is 11.5. The minimum atomic E-state index is 0.0708. The molecule has 0 aliphatic heterocycles. The summed E-state index contributed by atoms with van der Waals surface area (Å²) in [7, 11) is 2.01. The van der Waals surface area contributed by atoms with E-state index >= 15 is 0 Å². The molecule has 0 aliphatic rings. The molecule has 1 aromatic rings. The molecule has 5 heteroatoms. The fourth-order valence-electron chi connectivity index (χ4n) is 1.71. The van der Waals surface area contributed by atoms with Gasteiger partial charge in [0.25, 0.3) is 0 Å². The lowest BCUT2D eigenvalue weighted by molar-refractivity contribution is 0.661. The summed E-state index contributed by atoms with van der Waals surface area (Å²) < 4.78 is 0. The van der Waals surface area contributed by atoms with Crippen LogP contribution in [-0.2, 0) is 0 Å². The van der Waals surface area contributed by atoms with Gasteiger partial charge in [-0.2, -0.15) is 11.8 Å². The maximum absolute atomic E-state index is 7.63. The van der Waals surface area contributed by atoms with Gasteiger partial charge >= 0.3 is 0 Å². The predicted molar refractivity (Wildman–Crippen MR) is 80.9 cm³/mol. The van der Waals surface area contributed by atoms with Crippen molar-refractivity contribution < 1.29 is 0 Å². The van der Waals surface area contributed by atoms with Crippen molar-refractivity contribution in [1.82, 2.24) is 4.98 Å². The Kier molecular flexibility index (Phi) is 5.47. The Balaban J connectivity index is 2.99. The fourth-order valence-corrected chi connectivity index (χ4v) is 2.29. The Morgan fingerprint density at radius 2 is 2.22 bits per heavy atom. The van der Waals surface area contributed by atoms with Gasteiger partial charge in [0.2, 0.25) is 0 Å². The van der Waals surface area contributed by atoms with E-state index in [0.29, 0.717) is 11.6 Å². The van der Waals surface area contributed by atoms with E-state index in [2.05, 4.69) is 23.1 Å². The average molecular weight is 266 g/mol. The standard InChI is InChI=1S/C13H22N4S/c1-9-5-6-11(12(14)15)13(16-9)17(3)10(2)7-8-18-4/h5-6,10H,7-8H2,1-4H3,(H3,14,15). The molecule has 18 heavy (non-hydrogen) atoms. The molecule has 0 saturated heterocycles. The van der Waals surface area contributed by atoms with Crippen LogP contribution in [0.4, 0.5) is 5.82 Å². The number of amidine groups is 1. The van der Waals surface area contributed by atoms with Crippen LogP contribution in [0.25, 0.3) is 0 Å². The molecule has 0 spiro atoms. The molecule has 1 unspecified atom stereocenters. The normalized spacial score (nSPS) is 12.2. The summed E-state index contributed by atoms with van der Waals surface area (Å²) in [5.41, 5.74) is 7.27. The average Bonchev–Trinajstić information content (AvgIpc) is 2.34. The van der Waals surface area contributed by atoms with E-state index in [9.17, 15) is 0 Å². The van der Waals surface area contributed by atoms with E-state index in [4.69, 9.17) is 11.1 Å². The highest BCUT2D eigenvalue weighted by atomic mass is 32.2. The van der Waals surface area contributed by atoms with Gasteiger partial charge in [-0.25, -0.2) is 4.98 Å². The van der Waals surface area contributed by atoms with E-state index in [1.54, 1.807) is 0 Å². The lowest BCUT2D eigenvalue weighted by Crippen LogP contribution is -2.32. The zero-order valence-corrected chi connectivity index (χ0v) is 12.3. The van der Waals surface area contributed by atoms with Crippen LogP contribution in [0.3, 0.4) is 0 Å². The Labute approximate surface area is 113 Å². The predicted octanol–water partition coefficient (Wildman–Crippen LogP) is 2.25. The van der Waals surface area contributed by atoms with Gasteiger partial charge in [-0.1, -0.05) is 0 Å². The Hall–Kier alpha value is -1.23. The summed E-state index contributed by atoms with van der Waals surface area (Å²) >= 11 is 1.84. The Morgan fingerprint density at radius 3 is 2.78 bits per heavy atom. The van der Waals surface area contributed by atoms with Crippen molar-refractivity contribution in [3.63, 3.8) is 0 Å². The van der Waals surface area contributed by atoms with Crippen molar-refractivity contribution in [2.75, 3.05) is 24.0 Å². The van der Waals surface area contributed by atoms with Gasteiger partial charge < -0.3 is 10.6 Å². The number of aryl methyl sites for hydroxylation is 1. The summed E-state index contributed by atoms with van der Waals surface area (Å²) in [6.07, 6.45) is 3.20. The first-order valence-corrected chi connectivity index (χ1v) is 7.40. The number of nitrogens with two attached hydrogens (primary N) is 1. The molecular weight excluding hydrogens is 244 g/mol. The molecule has 0 aliphatic carbocycles. The van der Waals surface area contributed by atoms with Crippen molar-refractivity contribution in [2.24, 2.45) is 5.73 Å². The smallest absolute Gasteiger partial charge is 0.139 e. The molecule has 100 valence electrons. The second-order valence-corrected chi connectivity index (χ2v) is 5.46. The van der Waals surface area contributed by atoms with Crippen LogP contribution in [0, 0.1) is 12.3 Å². The molecule has 1 rings (SSSR count). The van der Waals surface area contributed by atoms with Crippen LogP contribution in [0.15, 0.2) is 12.1 Å². The maximum Gasteiger partial charge on any atom is 0.139 e. The first-order chi connectivity index (χ1) is 8.47. The van der Waals surface area contributed by atoms with Gasteiger partial charge in [0.15, 0.2) is 0 Å². The van der Waals surface area contributed by atoms with Crippen LogP contribution in [0.2, 0.25) is 0 Å². The summed E-state index contributed by atoms with van der Waals surface area (Å²) in [6.45, 7) is 4.12. The number of hydrogen-bond donors (Lipinski definition) is 2. The molecule has 1 heterocycles. The number of pyridine rings is 1. The number of nitrogens with zero attached hydrogens (tertiary/aromatic N) is 2. The number of rotatable bonds is 6. The molecule has 0 amide bonds. The molecule has 0 aromatic carbocycles. The summed E-state index contributed by atoms with van der Waals surface area (Å²) in [5, 5.41) is 7.63. The van der Waals surface area contributed by atoms with E-state index in [0.717, 1.165) is 23.7 Å². The van der Waals surface area contributed by atoms with Gasteiger partial charge in [0, 0.05) is 18.8 Å². The van der Waals surface area contributed by atoms with Gasteiger partial charge in [0.1, 0.15) is 11.7 Å². The number of hydrogen-bond acceptors (Lipinski definition) is 4. The minimum Gasteiger partial charge on any atom is -0.384 e. The van der Waals surface area contributed by atoms with Crippen molar-refractivity contribution in [1.29, 1.82) is 5.41 Å². The SMILES string of the molecule is CSCCC(C)N(C)c1nc(C)ccc1C(=N)N. The van der Waals surface area contributed by atoms with E-state index < -0.39 is 0 Å². The molecule has 1 atom stereocenters. The van der Waals surface area contributed by atoms with Crippen molar-refractivity contribution in [3.05, 3.63) is 23.4 Å². The highest BCUT2D eigenvalue weighted by molar-refractivity contribution is 7.98. The first-order valence-electron chi connectivity index (χ1n) is 6.01. The van der Waals surface area contributed by atoms with Gasteiger partial charge in [-0.15, -0.1) is 0 Å². The van der Waals surface area contributed by atoms with Crippen molar-refractivity contribution in [3.8, 4) is 0 Å². The number of nitrogens with one attached hydrogen (secondary N) is 1. The Bertz CT molecular complexity index is 419. The maximum atomic E-state index is 7.63. The second-order valence-electron chi connectivity index (χ2n) is 4.48. The fraction of sp³-hybridized carbons (Fsp3) is 0.538. The third-order valence-corrected chi connectivity index (χ3v) is 3.68.